The molecule has 0 radical (unpaired) electrons. The summed E-state index contributed by atoms with van der Waals surface area (Å²) in [6, 6.07) is 5.12. The number of benzene rings is 1. The minimum absolute atomic E-state index is 0.0251. The Balaban J connectivity index is 2.08. The number of amides is 1. The van der Waals surface area contributed by atoms with Crippen molar-refractivity contribution >= 4 is 23.2 Å². The molecule has 0 spiro atoms. The van der Waals surface area contributed by atoms with E-state index in [0.717, 1.165) is 25.8 Å². The summed E-state index contributed by atoms with van der Waals surface area (Å²) in [5, 5.41) is 6.69. The van der Waals surface area contributed by atoms with E-state index in [1.807, 2.05) is 6.92 Å². The Morgan fingerprint density at radius 1 is 1.53 bits per heavy atom. The first-order chi connectivity index (χ1) is 9.20. The molecule has 1 aromatic rings. The van der Waals surface area contributed by atoms with Gasteiger partial charge >= 0.3 is 0 Å². The summed E-state index contributed by atoms with van der Waals surface area (Å²) in [4.78, 5) is 12.2. The van der Waals surface area contributed by atoms with Gasteiger partial charge in [0.25, 0.3) is 0 Å². The van der Waals surface area contributed by atoms with Crippen molar-refractivity contribution in [2.24, 2.45) is 0 Å². The Morgan fingerprint density at radius 3 is 3.05 bits per heavy atom. The number of piperidine rings is 1. The highest BCUT2D eigenvalue weighted by atomic mass is 35.5. The van der Waals surface area contributed by atoms with Gasteiger partial charge in [0.1, 0.15) is 5.75 Å². The Labute approximate surface area is 118 Å². The Kier molecular flexibility index (Phi) is 5.05. The van der Waals surface area contributed by atoms with E-state index >= 15 is 0 Å². The topological polar surface area (TPSA) is 50.4 Å². The molecule has 1 heterocycles. The fourth-order valence-corrected chi connectivity index (χ4v) is 2.35. The maximum Gasteiger partial charge on any atom is 0.241 e. The van der Waals surface area contributed by atoms with Gasteiger partial charge in [0.15, 0.2) is 0 Å². The zero-order chi connectivity index (χ0) is 13.7. The van der Waals surface area contributed by atoms with Gasteiger partial charge in [-0.2, -0.15) is 0 Å². The summed E-state index contributed by atoms with van der Waals surface area (Å²) >= 11 is 5.96. The molecule has 104 valence electrons. The van der Waals surface area contributed by atoms with Crippen molar-refractivity contribution in [3.05, 3.63) is 23.2 Å². The summed E-state index contributed by atoms with van der Waals surface area (Å²) in [7, 11) is 0. The molecule has 0 saturated carbocycles. The normalized spacial score (nSPS) is 18.9. The molecule has 4 nitrogen and oxygen atoms in total. The first kappa shape index (κ1) is 14.2. The quantitative estimate of drug-likeness (QED) is 0.893. The van der Waals surface area contributed by atoms with Crippen LogP contribution in [0.4, 0.5) is 5.69 Å². The van der Waals surface area contributed by atoms with E-state index in [1.165, 1.54) is 0 Å². The van der Waals surface area contributed by atoms with E-state index in [2.05, 4.69) is 10.6 Å². The SMILES string of the molecule is CCOc1ccc(Cl)cc1NC(=O)C1CCCCN1. The van der Waals surface area contributed by atoms with Crippen molar-refractivity contribution in [1.29, 1.82) is 0 Å². The molecule has 5 heteroatoms. The number of halogens is 1. The number of anilines is 1. The largest absolute Gasteiger partial charge is 0.492 e. The number of nitrogens with one attached hydrogen (secondary N) is 2. The zero-order valence-electron chi connectivity index (χ0n) is 11.0. The van der Waals surface area contributed by atoms with E-state index in [9.17, 15) is 4.79 Å². The third kappa shape index (κ3) is 3.85. The fourth-order valence-electron chi connectivity index (χ4n) is 2.18. The molecular formula is C14H19ClN2O2. The van der Waals surface area contributed by atoms with Gasteiger partial charge in [-0.15, -0.1) is 0 Å². The molecule has 1 aliphatic heterocycles. The smallest absolute Gasteiger partial charge is 0.241 e. The maximum atomic E-state index is 12.2. The van der Waals surface area contributed by atoms with Crippen LogP contribution in [0.25, 0.3) is 0 Å². The molecule has 0 bridgehead atoms. The number of ether oxygens (including phenoxy) is 1. The van der Waals surface area contributed by atoms with Gasteiger partial charge in [-0.1, -0.05) is 18.0 Å². The fraction of sp³-hybridized carbons (Fsp3) is 0.500. The van der Waals surface area contributed by atoms with E-state index in [-0.39, 0.29) is 11.9 Å². The molecule has 19 heavy (non-hydrogen) atoms. The molecule has 1 saturated heterocycles. The molecule has 1 aliphatic rings. The standard InChI is InChI=1S/C14H19ClN2O2/c1-2-19-13-7-6-10(15)9-12(13)17-14(18)11-5-3-4-8-16-11/h6-7,9,11,16H,2-5,8H2,1H3,(H,17,18). The molecule has 1 aromatic carbocycles. The second-order valence-corrected chi connectivity index (χ2v) is 5.00. The molecule has 2 N–H and O–H groups in total. The van der Waals surface area contributed by atoms with Crippen LogP contribution in [0, 0.1) is 0 Å². The monoisotopic (exact) mass is 282 g/mol. The first-order valence-electron chi connectivity index (χ1n) is 6.67. The van der Waals surface area contributed by atoms with Gasteiger partial charge in [-0.3, -0.25) is 4.79 Å². The molecule has 0 aromatic heterocycles. The number of hydrogen-bond acceptors (Lipinski definition) is 3. The minimum Gasteiger partial charge on any atom is -0.492 e. The van der Waals surface area contributed by atoms with Gasteiger partial charge in [0.05, 0.1) is 18.3 Å². The van der Waals surface area contributed by atoms with Crippen molar-refractivity contribution in [2.45, 2.75) is 32.2 Å². The second kappa shape index (κ2) is 6.78. The summed E-state index contributed by atoms with van der Waals surface area (Å²) in [5.74, 6) is 0.624. The summed E-state index contributed by atoms with van der Waals surface area (Å²) in [5.41, 5.74) is 0.631. The highest BCUT2D eigenvalue weighted by Crippen LogP contribution is 2.28. The molecule has 2 rings (SSSR count). The lowest BCUT2D eigenvalue weighted by molar-refractivity contribution is -0.118. The first-order valence-corrected chi connectivity index (χ1v) is 7.05. The number of carbonyl (C=O) groups excluding carboxylic acids is 1. The Morgan fingerprint density at radius 2 is 2.37 bits per heavy atom. The molecule has 1 fully saturated rings. The van der Waals surface area contributed by atoms with Crippen LogP contribution in [0.3, 0.4) is 0 Å². The summed E-state index contributed by atoms with van der Waals surface area (Å²) < 4.78 is 5.49. The molecular weight excluding hydrogens is 264 g/mol. The average molecular weight is 283 g/mol. The van der Waals surface area contributed by atoms with E-state index in [1.54, 1.807) is 18.2 Å². The van der Waals surface area contributed by atoms with Crippen molar-refractivity contribution in [1.82, 2.24) is 5.32 Å². The highest BCUT2D eigenvalue weighted by molar-refractivity contribution is 6.31. The summed E-state index contributed by atoms with van der Waals surface area (Å²) in [6.07, 6.45) is 3.08. The van der Waals surface area contributed by atoms with Gasteiger partial charge in [-0.25, -0.2) is 0 Å². The third-order valence-corrected chi connectivity index (χ3v) is 3.36. The summed E-state index contributed by atoms with van der Waals surface area (Å²) in [6.45, 7) is 3.35. The molecule has 1 amide bonds. The highest BCUT2D eigenvalue weighted by Gasteiger charge is 2.21. The van der Waals surface area contributed by atoms with Crippen LogP contribution in [-0.2, 0) is 4.79 Å². The van der Waals surface area contributed by atoms with Crippen molar-refractivity contribution in [3.8, 4) is 5.75 Å². The predicted molar refractivity (Wildman–Crippen MR) is 76.9 cm³/mol. The van der Waals surface area contributed by atoms with Crippen LogP contribution in [-0.4, -0.2) is 25.1 Å². The zero-order valence-corrected chi connectivity index (χ0v) is 11.8. The van der Waals surface area contributed by atoms with Gasteiger partial charge in [0, 0.05) is 5.02 Å². The van der Waals surface area contributed by atoms with Crippen LogP contribution in [0.15, 0.2) is 18.2 Å². The van der Waals surface area contributed by atoms with E-state index in [0.29, 0.717) is 23.1 Å². The lowest BCUT2D eigenvalue weighted by atomic mass is 10.0. The van der Waals surface area contributed by atoms with Gasteiger partial charge in [0.2, 0.25) is 5.91 Å². The van der Waals surface area contributed by atoms with E-state index in [4.69, 9.17) is 16.3 Å². The van der Waals surface area contributed by atoms with Crippen molar-refractivity contribution in [3.63, 3.8) is 0 Å². The number of hydrogen-bond donors (Lipinski definition) is 2. The van der Waals surface area contributed by atoms with Crippen molar-refractivity contribution in [2.75, 3.05) is 18.5 Å². The van der Waals surface area contributed by atoms with Crippen LogP contribution >= 0.6 is 11.6 Å². The van der Waals surface area contributed by atoms with Crippen LogP contribution < -0.4 is 15.4 Å². The van der Waals surface area contributed by atoms with Crippen LogP contribution in [0.5, 0.6) is 5.75 Å². The number of carbonyl (C=O) groups is 1. The molecule has 1 unspecified atom stereocenters. The Hall–Kier alpha value is -1.26. The Bertz CT molecular complexity index is 445. The van der Waals surface area contributed by atoms with E-state index < -0.39 is 0 Å². The minimum atomic E-state index is -0.123. The number of rotatable bonds is 4. The van der Waals surface area contributed by atoms with Gasteiger partial charge < -0.3 is 15.4 Å². The van der Waals surface area contributed by atoms with Gasteiger partial charge in [-0.05, 0) is 44.5 Å². The lowest BCUT2D eigenvalue weighted by Gasteiger charge is -2.23. The maximum absolute atomic E-state index is 12.2. The third-order valence-electron chi connectivity index (χ3n) is 3.13. The predicted octanol–water partition coefficient (Wildman–Crippen LogP) is 2.82. The molecule has 1 atom stereocenters. The van der Waals surface area contributed by atoms with Crippen LogP contribution in [0.2, 0.25) is 5.02 Å². The van der Waals surface area contributed by atoms with Crippen molar-refractivity contribution < 1.29 is 9.53 Å². The van der Waals surface area contributed by atoms with Crippen LogP contribution in [0.1, 0.15) is 26.2 Å². The second-order valence-electron chi connectivity index (χ2n) is 4.57. The lowest BCUT2D eigenvalue weighted by Crippen LogP contribution is -2.43. The molecule has 0 aliphatic carbocycles. The average Bonchev–Trinajstić information content (AvgIpc) is 2.43.